The van der Waals surface area contributed by atoms with Crippen molar-refractivity contribution in [3.05, 3.63) is 35.6 Å². The number of nitrogens with one attached hydrogen (secondary N) is 1. The second-order valence-electron chi connectivity index (χ2n) is 8.27. The molecule has 0 saturated carbocycles. The van der Waals surface area contributed by atoms with Gasteiger partial charge in [0, 0.05) is 24.2 Å². The fraction of sp³-hybridized carbons (Fsp3) is 0.714. The van der Waals surface area contributed by atoms with Gasteiger partial charge in [-0.15, -0.1) is 0 Å². The maximum Gasteiger partial charge on any atom is 0.127 e. The fourth-order valence-electron chi connectivity index (χ4n) is 4.96. The van der Waals surface area contributed by atoms with Crippen LogP contribution in [0.1, 0.15) is 44.1 Å². The van der Waals surface area contributed by atoms with Gasteiger partial charge in [-0.1, -0.05) is 18.2 Å². The first-order valence-corrected chi connectivity index (χ1v) is 10.2. The first kappa shape index (κ1) is 17.4. The molecule has 3 heterocycles. The zero-order valence-corrected chi connectivity index (χ0v) is 15.3. The summed E-state index contributed by atoms with van der Waals surface area (Å²) in [5.41, 5.74) is 0.836. The van der Waals surface area contributed by atoms with Gasteiger partial charge in [0.1, 0.15) is 5.82 Å². The second kappa shape index (κ2) is 8.15. The minimum Gasteiger partial charge on any atom is -0.314 e. The molecule has 3 nitrogen and oxygen atoms in total. The average molecular weight is 346 g/mol. The summed E-state index contributed by atoms with van der Waals surface area (Å²) in [6, 6.07) is 8.78. The highest BCUT2D eigenvalue weighted by atomic mass is 19.1. The van der Waals surface area contributed by atoms with Gasteiger partial charge in [-0.25, -0.2) is 4.39 Å². The zero-order valence-electron chi connectivity index (χ0n) is 15.3. The van der Waals surface area contributed by atoms with Gasteiger partial charge in [-0.05, 0) is 83.2 Å². The number of halogens is 1. The van der Waals surface area contributed by atoms with Crippen LogP contribution < -0.4 is 5.32 Å². The highest BCUT2D eigenvalue weighted by Crippen LogP contribution is 2.27. The summed E-state index contributed by atoms with van der Waals surface area (Å²) >= 11 is 0. The highest BCUT2D eigenvalue weighted by molar-refractivity contribution is 5.17. The normalized spacial score (nSPS) is 29.0. The monoisotopic (exact) mass is 345 g/mol. The van der Waals surface area contributed by atoms with Gasteiger partial charge in [-0.3, -0.25) is 4.90 Å². The summed E-state index contributed by atoms with van der Waals surface area (Å²) in [7, 11) is 0. The molecule has 4 heteroatoms. The largest absolute Gasteiger partial charge is 0.314 e. The van der Waals surface area contributed by atoms with Crippen LogP contribution in [-0.2, 0) is 6.54 Å². The summed E-state index contributed by atoms with van der Waals surface area (Å²) in [6.45, 7) is 6.75. The van der Waals surface area contributed by atoms with Gasteiger partial charge in [0.25, 0.3) is 0 Å². The van der Waals surface area contributed by atoms with Gasteiger partial charge in [-0.2, -0.15) is 0 Å². The number of rotatable bonds is 5. The van der Waals surface area contributed by atoms with Gasteiger partial charge < -0.3 is 10.2 Å². The molecule has 1 aromatic rings. The Balaban J connectivity index is 1.17. The van der Waals surface area contributed by atoms with Crippen LogP contribution in [-0.4, -0.2) is 54.6 Å². The Hall–Kier alpha value is -0.970. The Morgan fingerprint density at radius 1 is 1.00 bits per heavy atom. The van der Waals surface area contributed by atoms with Crippen LogP contribution in [0.25, 0.3) is 0 Å². The van der Waals surface area contributed by atoms with Gasteiger partial charge in [0.05, 0.1) is 0 Å². The lowest BCUT2D eigenvalue weighted by atomic mass is 9.93. The fourth-order valence-corrected chi connectivity index (χ4v) is 4.96. The minimum absolute atomic E-state index is 0.0652. The minimum atomic E-state index is -0.0652. The molecule has 3 saturated heterocycles. The maximum absolute atomic E-state index is 13.8. The van der Waals surface area contributed by atoms with Crippen molar-refractivity contribution in [3.8, 4) is 0 Å². The SMILES string of the molecule is Fc1ccccc1CN1CCC(CNC2CCN3CCCC3C2)CC1. The molecule has 2 unspecified atom stereocenters. The number of likely N-dealkylation sites (tertiary alicyclic amines) is 1. The first-order valence-electron chi connectivity index (χ1n) is 10.2. The molecular formula is C21H32FN3. The molecule has 1 aromatic carbocycles. The number of hydrogen-bond acceptors (Lipinski definition) is 3. The van der Waals surface area contributed by atoms with Crippen LogP contribution in [0, 0.1) is 11.7 Å². The van der Waals surface area contributed by atoms with E-state index in [1.807, 2.05) is 12.1 Å². The van der Waals surface area contributed by atoms with Crippen LogP contribution in [0.4, 0.5) is 4.39 Å². The molecule has 0 aromatic heterocycles. The van der Waals surface area contributed by atoms with Crippen molar-refractivity contribution < 1.29 is 4.39 Å². The van der Waals surface area contributed by atoms with Crippen LogP contribution >= 0.6 is 0 Å². The van der Waals surface area contributed by atoms with E-state index >= 15 is 0 Å². The van der Waals surface area contributed by atoms with Crippen LogP contribution in [0.3, 0.4) is 0 Å². The third-order valence-electron chi connectivity index (χ3n) is 6.57. The summed E-state index contributed by atoms with van der Waals surface area (Å²) in [4.78, 5) is 5.10. The van der Waals surface area contributed by atoms with Crippen LogP contribution in [0.15, 0.2) is 24.3 Å². The molecule has 0 spiro atoms. The standard InChI is InChI=1S/C21H32FN3/c22-21-6-2-1-4-18(21)16-24-11-7-17(8-12-24)15-23-19-9-13-25-10-3-5-20(25)14-19/h1-2,4,6,17,19-20,23H,3,5,7-16H2. The molecule has 3 fully saturated rings. The highest BCUT2D eigenvalue weighted by Gasteiger charge is 2.31. The van der Waals surface area contributed by atoms with Gasteiger partial charge in [0.2, 0.25) is 0 Å². The van der Waals surface area contributed by atoms with Gasteiger partial charge in [0.15, 0.2) is 0 Å². The van der Waals surface area contributed by atoms with Crippen LogP contribution in [0.2, 0.25) is 0 Å². The van der Waals surface area contributed by atoms with Crippen molar-refractivity contribution in [1.29, 1.82) is 0 Å². The molecule has 2 atom stereocenters. The van der Waals surface area contributed by atoms with E-state index in [-0.39, 0.29) is 5.82 Å². The van der Waals surface area contributed by atoms with Crippen LogP contribution in [0.5, 0.6) is 0 Å². The van der Waals surface area contributed by atoms with Crippen molar-refractivity contribution in [2.45, 2.75) is 57.2 Å². The molecule has 25 heavy (non-hydrogen) atoms. The van der Waals surface area contributed by atoms with Crippen molar-refractivity contribution in [1.82, 2.24) is 15.1 Å². The lowest BCUT2D eigenvalue weighted by Crippen LogP contribution is -2.47. The van der Waals surface area contributed by atoms with E-state index < -0.39 is 0 Å². The Morgan fingerprint density at radius 3 is 2.68 bits per heavy atom. The number of fused-ring (bicyclic) bond motifs is 1. The van der Waals surface area contributed by atoms with E-state index in [0.717, 1.165) is 43.2 Å². The molecule has 4 rings (SSSR count). The van der Waals surface area contributed by atoms with E-state index in [0.29, 0.717) is 0 Å². The average Bonchev–Trinajstić information content (AvgIpc) is 3.11. The Morgan fingerprint density at radius 2 is 1.84 bits per heavy atom. The summed E-state index contributed by atoms with van der Waals surface area (Å²) in [5, 5.41) is 3.87. The molecule has 0 aliphatic carbocycles. The molecular weight excluding hydrogens is 313 g/mol. The maximum atomic E-state index is 13.8. The topological polar surface area (TPSA) is 18.5 Å². The smallest absolute Gasteiger partial charge is 0.127 e. The van der Waals surface area contributed by atoms with E-state index in [9.17, 15) is 4.39 Å². The number of nitrogens with zero attached hydrogens (tertiary/aromatic N) is 2. The quantitative estimate of drug-likeness (QED) is 0.884. The molecule has 0 radical (unpaired) electrons. The lowest BCUT2D eigenvalue weighted by Gasteiger charge is -2.37. The molecule has 3 aliphatic heterocycles. The van der Waals surface area contributed by atoms with E-state index in [2.05, 4.69) is 15.1 Å². The second-order valence-corrected chi connectivity index (χ2v) is 8.27. The predicted molar refractivity (Wildman–Crippen MR) is 100 cm³/mol. The zero-order chi connectivity index (χ0) is 17.1. The molecule has 0 bridgehead atoms. The Kier molecular flexibility index (Phi) is 5.69. The molecule has 3 aliphatic rings. The molecule has 1 N–H and O–H groups in total. The number of hydrogen-bond donors (Lipinski definition) is 1. The van der Waals surface area contributed by atoms with Crippen molar-refractivity contribution >= 4 is 0 Å². The number of benzene rings is 1. The summed E-state index contributed by atoms with van der Waals surface area (Å²) < 4.78 is 13.8. The van der Waals surface area contributed by atoms with E-state index in [1.165, 1.54) is 58.2 Å². The summed E-state index contributed by atoms with van der Waals surface area (Å²) in [6.07, 6.45) is 7.96. The predicted octanol–water partition coefficient (Wildman–Crippen LogP) is 3.25. The van der Waals surface area contributed by atoms with Crippen molar-refractivity contribution in [3.63, 3.8) is 0 Å². The summed E-state index contributed by atoms with van der Waals surface area (Å²) in [5.74, 6) is 0.725. The lowest BCUT2D eigenvalue weighted by molar-refractivity contribution is 0.148. The number of piperidine rings is 2. The Labute approximate surface area is 151 Å². The van der Waals surface area contributed by atoms with E-state index in [1.54, 1.807) is 12.1 Å². The third kappa shape index (κ3) is 4.42. The van der Waals surface area contributed by atoms with Crippen molar-refractivity contribution in [2.75, 3.05) is 32.7 Å². The molecule has 0 amide bonds. The third-order valence-corrected chi connectivity index (χ3v) is 6.57. The van der Waals surface area contributed by atoms with E-state index in [4.69, 9.17) is 0 Å². The molecule has 138 valence electrons. The van der Waals surface area contributed by atoms with Gasteiger partial charge >= 0.3 is 0 Å². The van der Waals surface area contributed by atoms with Crippen molar-refractivity contribution in [2.24, 2.45) is 5.92 Å². The first-order chi connectivity index (χ1) is 12.3. The Bertz CT molecular complexity index is 556.